The average Bonchev–Trinajstić information content (AvgIpc) is 2.61. The summed E-state index contributed by atoms with van der Waals surface area (Å²) >= 11 is 0. The highest BCUT2D eigenvalue weighted by Gasteiger charge is 2.02. The second kappa shape index (κ2) is 7.35. The van der Waals surface area contributed by atoms with E-state index in [9.17, 15) is 5.11 Å². The van der Waals surface area contributed by atoms with E-state index in [2.05, 4.69) is 15.0 Å². The molecule has 7 N–H and O–H groups in total. The summed E-state index contributed by atoms with van der Waals surface area (Å²) in [5.74, 6) is -0.0354. The number of nitrogens with zero attached hydrogens (tertiary/aromatic N) is 3. The van der Waals surface area contributed by atoms with E-state index < -0.39 is 0 Å². The van der Waals surface area contributed by atoms with Crippen LogP contribution in [0.5, 0.6) is 5.75 Å². The van der Waals surface area contributed by atoms with Gasteiger partial charge in [-0.15, -0.1) is 0 Å². The Labute approximate surface area is 150 Å². The predicted octanol–water partition coefficient (Wildman–Crippen LogP) is 2.33. The number of aromatic nitrogens is 1. The van der Waals surface area contributed by atoms with E-state index in [0.717, 1.165) is 10.9 Å². The van der Waals surface area contributed by atoms with Crippen LogP contribution in [0.25, 0.3) is 23.1 Å². The molecule has 7 heteroatoms. The monoisotopic (exact) mass is 346 g/mol. The van der Waals surface area contributed by atoms with Crippen molar-refractivity contribution < 1.29 is 5.11 Å². The molecule has 0 spiro atoms. The molecule has 130 valence electrons. The summed E-state index contributed by atoms with van der Waals surface area (Å²) in [4.78, 5) is 12.4. The molecule has 1 aromatic heterocycles. The third-order valence-electron chi connectivity index (χ3n) is 3.57. The molecule has 0 unspecified atom stereocenters. The number of rotatable bonds is 3. The molecule has 3 rings (SSSR count). The molecule has 0 aliphatic carbocycles. The number of nitrogens with two attached hydrogens (primary N) is 3. The fourth-order valence-corrected chi connectivity index (χ4v) is 2.43. The quantitative estimate of drug-likeness (QED) is 0.426. The minimum Gasteiger partial charge on any atom is -0.506 e. The van der Waals surface area contributed by atoms with Crippen molar-refractivity contribution in [2.75, 3.05) is 0 Å². The highest BCUT2D eigenvalue weighted by Crippen LogP contribution is 2.24. The van der Waals surface area contributed by atoms with E-state index >= 15 is 0 Å². The number of pyridine rings is 1. The zero-order valence-corrected chi connectivity index (χ0v) is 13.9. The van der Waals surface area contributed by atoms with Crippen LogP contribution in [0, 0.1) is 0 Å². The standard InChI is InChI=1S/C19H18N6O/c20-18(21)25-19(22)24-15-6-2-1-4-12(15)8-10-14-11-9-13-5-3-7-16(26)17(13)23-14/h1-11,26H,(H6,20,21,22,24,25). The number of para-hydroxylation sites is 2. The van der Waals surface area contributed by atoms with E-state index in [1.165, 1.54) is 0 Å². The lowest BCUT2D eigenvalue weighted by Crippen LogP contribution is -2.26. The summed E-state index contributed by atoms with van der Waals surface area (Å²) in [6, 6.07) is 16.5. The van der Waals surface area contributed by atoms with Crippen LogP contribution in [0.4, 0.5) is 5.69 Å². The number of hydrogen-bond donors (Lipinski definition) is 4. The first kappa shape index (κ1) is 17.0. The number of aliphatic imine (C=N–C) groups is 2. The fraction of sp³-hybridized carbons (Fsp3) is 0. The van der Waals surface area contributed by atoms with Crippen LogP contribution in [0.2, 0.25) is 0 Å². The fourth-order valence-electron chi connectivity index (χ4n) is 2.43. The molecule has 7 nitrogen and oxygen atoms in total. The Morgan fingerprint density at radius 2 is 1.73 bits per heavy atom. The molecule has 1 heterocycles. The molecule has 3 aromatic rings. The van der Waals surface area contributed by atoms with Gasteiger partial charge in [-0.2, -0.15) is 4.99 Å². The Balaban J connectivity index is 1.94. The molecule has 0 radical (unpaired) electrons. The maximum Gasteiger partial charge on any atom is 0.223 e. The lowest BCUT2D eigenvalue weighted by molar-refractivity contribution is 0.480. The van der Waals surface area contributed by atoms with Gasteiger partial charge in [0, 0.05) is 10.9 Å². The maximum absolute atomic E-state index is 9.95. The zero-order valence-electron chi connectivity index (χ0n) is 13.9. The number of fused-ring (bicyclic) bond motifs is 1. The van der Waals surface area contributed by atoms with Gasteiger partial charge in [-0.3, -0.25) is 0 Å². The molecule has 0 aliphatic heterocycles. The number of phenols is 1. The van der Waals surface area contributed by atoms with Gasteiger partial charge < -0.3 is 22.3 Å². The first-order valence-corrected chi connectivity index (χ1v) is 7.82. The molecular formula is C19H18N6O. The number of benzene rings is 2. The van der Waals surface area contributed by atoms with Crippen molar-refractivity contribution in [2.24, 2.45) is 27.2 Å². The average molecular weight is 346 g/mol. The second-order valence-corrected chi connectivity index (χ2v) is 5.48. The maximum atomic E-state index is 9.95. The Hall–Kier alpha value is -3.87. The van der Waals surface area contributed by atoms with E-state index in [1.807, 2.05) is 48.6 Å². The largest absolute Gasteiger partial charge is 0.506 e. The number of aromatic hydroxyl groups is 1. The molecule has 0 bridgehead atoms. The first-order valence-electron chi connectivity index (χ1n) is 7.82. The van der Waals surface area contributed by atoms with Gasteiger partial charge in [-0.05, 0) is 24.3 Å². The van der Waals surface area contributed by atoms with Crippen molar-refractivity contribution >= 4 is 40.7 Å². The van der Waals surface area contributed by atoms with Gasteiger partial charge in [-0.25, -0.2) is 9.98 Å². The SMILES string of the molecule is NC(N)=NC(N)=Nc1ccccc1C=Cc1ccc2cccc(O)c2n1. The Kier molecular flexibility index (Phi) is 4.80. The highest BCUT2D eigenvalue weighted by molar-refractivity contribution is 5.94. The van der Waals surface area contributed by atoms with Crippen molar-refractivity contribution in [1.82, 2.24) is 4.98 Å². The summed E-state index contributed by atoms with van der Waals surface area (Å²) in [6.45, 7) is 0. The van der Waals surface area contributed by atoms with Crippen molar-refractivity contribution in [3.05, 3.63) is 65.9 Å². The molecular weight excluding hydrogens is 328 g/mol. The Morgan fingerprint density at radius 1 is 0.923 bits per heavy atom. The summed E-state index contributed by atoms with van der Waals surface area (Å²) in [6.07, 6.45) is 3.69. The Bertz CT molecular complexity index is 1040. The van der Waals surface area contributed by atoms with Gasteiger partial charge in [-0.1, -0.05) is 42.5 Å². The highest BCUT2D eigenvalue weighted by atomic mass is 16.3. The van der Waals surface area contributed by atoms with Crippen LogP contribution in [0.15, 0.2) is 64.6 Å². The predicted molar refractivity (Wildman–Crippen MR) is 106 cm³/mol. The van der Waals surface area contributed by atoms with Crippen LogP contribution in [-0.4, -0.2) is 22.0 Å². The van der Waals surface area contributed by atoms with Gasteiger partial charge in [0.1, 0.15) is 11.3 Å². The molecule has 2 aromatic carbocycles. The van der Waals surface area contributed by atoms with Gasteiger partial charge in [0.05, 0.1) is 11.4 Å². The van der Waals surface area contributed by atoms with Crippen LogP contribution in [0.1, 0.15) is 11.3 Å². The van der Waals surface area contributed by atoms with Gasteiger partial charge in [0.15, 0.2) is 5.96 Å². The van der Waals surface area contributed by atoms with Crippen molar-refractivity contribution in [3.8, 4) is 5.75 Å². The minimum absolute atomic E-state index is 0.0281. The van der Waals surface area contributed by atoms with Crippen LogP contribution in [0.3, 0.4) is 0 Å². The number of phenolic OH excluding ortho intramolecular Hbond substituents is 1. The van der Waals surface area contributed by atoms with Crippen molar-refractivity contribution in [3.63, 3.8) is 0 Å². The van der Waals surface area contributed by atoms with E-state index in [1.54, 1.807) is 18.2 Å². The van der Waals surface area contributed by atoms with Crippen LogP contribution >= 0.6 is 0 Å². The third-order valence-corrected chi connectivity index (χ3v) is 3.57. The van der Waals surface area contributed by atoms with Crippen LogP contribution in [-0.2, 0) is 0 Å². The Morgan fingerprint density at radius 3 is 2.54 bits per heavy atom. The van der Waals surface area contributed by atoms with Gasteiger partial charge >= 0.3 is 0 Å². The zero-order chi connectivity index (χ0) is 18.5. The topological polar surface area (TPSA) is 136 Å². The minimum atomic E-state index is -0.153. The summed E-state index contributed by atoms with van der Waals surface area (Å²) in [5.41, 5.74) is 19.0. The molecule has 0 atom stereocenters. The normalized spacial score (nSPS) is 11.8. The molecule has 0 saturated carbocycles. The van der Waals surface area contributed by atoms with Crippen molar-refractivity contribution in [1.29, 1.82) is 0 Å². The number of guanidine groups is 2. The first-order chi connectivity index (χ1) is 12.5. The van der Waals surface area contributed by atoms with Crippen LogP contribution < -0.4 is 17.2 Å². The lowest BCUT2D eigenvalue weighted by Gasteiger charge is -2.03. The summed E-state index contributed by atoms with van der Waals surface area (Å²) in [5, 5.41) is 10.8. The molecule has 0 amide bonds. The lowest BCUT2D eigenvalue weighted by atomic mass is 10.1. The van der Waals surface area contributed by atoms with E-state index in [0.29, 0.717) is 16.9 Å². The molecule has 0 aliphatic rings. The van der Waals surface area contributed by atoms with Gasteiger partial charge in [0.25, 0.3) is 0 Å². The summed E-state index contributed by atoms with van der Waals surface area (Å²) < 4.78 is 0. The smallest absolute Gasteiger partial charge is 0.223 e. The third kappa shape index (κ3) is 3.96. The molecule has 26 heavy (non-hydrogen) atoms. The summed E-state index contributed by atoms with van der Waals surface area (Å²) in [7, 11) is 0. The molecule has 0 saturated heterocycles. The molecule has 0 fully saturated rings. The van der Waals surface area contributed by atoms with E-state index in [4.69, 9.17) is 17.2 Å². The van der Waals surface area contributed by atoms with Gasteiger partial charge in [0.2, 0.25) is 5.96 Å². The van der Waals surface area contributed by atoms with Crippen molar-refractivity contribution in [2.45, 2.75) is 0 Å². The van der Waals surface area contributed by atoms with E-state index in [-0.39, 0.29) is 17.7 Å². The second-order valence-electron chi connectivity index (χ2n) is 5.48. The number of hydrogen-bond acceptors (Lipinski definition) is 3.